The quantitative estimate of drug-likeness (QED) is 0.375. The fourth-order valence-corrected chi connectivity index (χ4v) is 1.25. The van der Waals surface area contributed by atoms with E-state index in [2.05, 4.69) is 4.74 Å². The minimum Gasteiger partial charge on any atom is -0.506 e. The number of nitrogens with zero attached hydrogens (tertiary/aromatic N) is 1. The summed E-state index contributed by atoms with van der Waals surface area (Å²) < 4.78 is 4.68. The monoisotopic (exact) mass is 231 g/mol. The lowest BCUT2D eigenvalue weighted by molar-refractivity contribution is -0.138. The van der Waals surface area contributed by atoms with Crippen LogP contribution >= 0.6 is 0 Å². The highest BCUT2D eigenvalue weighted by Gasteiger charge is 2.17. The molecule has 0 amide bonds. The van der Waals surface area contributed by atoms with Crippen LogP contribution in [-0.4, -0.2) is 17.7 Å². The average molecular weight is 231 g/mol. The van der Waals surface area contributed by atoms with E-state index in [4.69, 9.17) is 5.26 Å². The van der Waals surface area contributed by atoms with Crippen molar-refractivity contribution in [1.82, 2.24) is 0 Å². The number of aliphatic hydroxyl groups is 1. The maximum Gasteiger partial charge on any atom is 0.352 e. The number of aliphatic hydroxyl groups excluding tert-OH is 1. The number of ether oxygens (including phenoxy) is 1. The maximum absolute atomic E-state index is 11.4. The standard InChI is InChI=1S/C13H13NO3/c1-3-17-13(16)11(8-14)12(15)10-6-4-9(2)5-7-10/h4-7,15H,3H2,1-2H3/b12-11+. The fourth-order valence-electron chi connectivity index (χ4n) is 1.25. The van der Waals surface area contributed by atoms with Crippen LogP contribution in [-0.2, 0) is 9.53 Å². The average Bonchev–Trinajstić information content (AvgIpc) is 2.31. The number of aryl methyl sites for hydroxylation is 1. The summed E-state index contributed by atoms with van der Waals surface area (Å²) in [5.41, 5.74) is 1.06. The summed E-state index contributed by atoms with van der Waals surface area (Å²) in [7, 11) is 0. The van der Waals surface area contributed by atoms with E-state index in [1.165, 1.54) is 0 Å². The summed E-state index contributed by atoms with van der Waals surface area (Å²) in [4.78, 5) is 11.4. The third-order valence-electron chi connectivity index (χ3n) is 2.15. The molecule has 1 aromatic rings. The molecule has 88 valence electrons. The molecule has 0 saturated carbocycles. The molecule has 0 fully saturated rings. The van der Waals surface area contributed by atoms with Gasteiger partial charge >= 0.3 is 5.97 Å². The number of carbonyl (C=O) groups is 1. The zero-order chi connectivity index (χ0) is 12.8. The molecule has 0 aliphatic rings. The summed E-state index contributed by atoms with van der Waals surface area (Å²) >= 11 is 0. The van der Waals surface area contributed by atoms with Gasteiger partial charge in [-0.1, -0.05) is 29.8 Å². The van der Waals surface area contributed by atoms with E-state index in [-0.39, 0.29) is 17.9 Å². The highest BCUT2D eigenvalue weighted by Crippen LogP contribution is 2.17. The first kappa shape index (κ1) is 12.8. The van der Waals surface area contributed by atoms with Crippen LogP contribution in [0.3, 0.4) is 0 Å². The first-order chi connectivity index (χ1) is 8.10. The van der Waals surface area contributed by atoms with E-state index >= 15 is 0 Å². The van der Waals surface area contributed by atoms with E-state index in [9.17, 15) is 9.90 Å². The zero-order valence-electron chi connectivity index (χ0n) is 9.73. The van der Waals surface area contributed by atoms with Crippen molar-refractivity contribution in [2.75, 3.05) is 6.61 Å². The van der Waals surface area contributed by atoms with Crippen molar-refractivity contribution in [3.8, 4) is 6.07 Å². The number of nitriles is 1. The smallest absolute Gasteiger partial charge is 0.352 e. The maximum atomic E-state index is 11.4. The minimum absolute atomic E-state index is 0.158. The molecule has 0 heterocycles. The molecule has 0 unspecified atom stereocenters. The molecule has 4 heteroatoms. The Bertz CT molecular complexity index is 480. The van der Waals surface area contributed by atoms with Crippen molar-refractivity contribution in [3.63, 3.8) is 0 Å². The van der Waals surface area contributed by atoms with Crippen molar-refractivity contribution in [1.29, 1.82) is 5.26 Å². The van der Waals surface area contributed by atoms with E-state index in [0.29, 0.717) is 5.56 Å². The Morgan fingerprint density at radius 1 is 1.41 bits per heavy atom. The molecule has 0 aromatic heterocycles. The van der Waals surface area contributed by atoms with Gasteiger partial charge in [-0.25, -0.2) is 4.79 Å². The lowest BCUT2D eigenvalue weighted by Crippen LogP contribution is -2.08. The van der Waals surface area contributed by atoms with Crippen LogP contribution in [0, 0.1) is 18.3 Å². The number of rotatable bonds is 3. The predicted octanol–water partition coefficient (Wildman–Crippen LogP) is 2.35. The lowest BCUT2D eigenvalue weighted by Gasteiger charge is -2.04. The Kier molecular flexibility index (Phi) is 4.29. The van der Waals surface area contributed by atoms with Crippen molar-refractivity contribution in [2.24, 2.45) is 0 Å². The van der Waals surface area contributed by atoms with E-state index < -0.39 is 5.97 Å². The number of hydrogen-bond acceptors (Lipinski definition) is 4. The molecule has 0 atom stereocenters. The Balaban J connectivity index is 3.13. The SMILES string of the molecule is CCOC(=O)/C(C#N)=C(/O)c1ccc(C)cc1. The van der Waals surface area contributed by atoms with Gasteiger partial charge in [0.2, 0.25) is 0 Å². The van der Waals surface area contributed by atoms with Gasteiger partial charge in [-0.05, 0) is 13.8 Å². The molecular formula is C13H13NO3. The molecule has 1 rings (SSSR count). The summed E-state index contributed by atoms with van der Waals surface area (Å²) in [6.45, 7) is 3.70. The van der Waals surface area contributed by atoms with E-state index in [1.807, 2.05) is 6.92 Å². The van der Waals surface area contributed by atoms with Crippen LogP contribution < -0.4 is 0 Å². The molecule has 0 saturated heterocycles. The van der Waals surface area contributed by atoms with Crippen LogP contribution in [0.25, 0.3) is 5.76 Å². The van der Waals surface area contributed by atoms with Crippen LogP contribution in [0.2, 0.25) is 0 Å². The second kappa shape index (κ2) is 5.71. The molecule has 1 N–H and O–H groups in total. The second-order valence-corrected chi connectivity index (χ2v) is 3.42. The molecule has 0 aliphatic carbocycles. The normalized spacial score (nSPS) is 11.4. The second-order valence-electron chi connectivity index (χ2n) is 3.42. The topological polar surface area (TPSA) is 70.3 Å². The fraction of sp³-hybridized carbons (Fsp3) is 0.231. The van der Waals surface area contributed by atoms with Gasteiger partial charge < -0.3 is 9.84 Å². The van der Waals surface area contributed by atoms with Gasteiger partial charge in [-0.15, -0.1) is 0 Å². The molecule has 0 spiro atoms. The van der Waals surface area contributed by atoms with Crippen LogP contribution in [0.5, 0.6) is 0 Å². The number of hydrogen-bond donors (Lipinski definition) is 1. The zero-order valence-corrected chi connectivity index (χ0v) is 9.73. The van der Waals surface area contributed by atoms with Crippen molar-refractivity contribution < 1.29 is 14.6 Å². The van der Waals surface area contributed by atoms with Crippen LogP contribution in [0.1, 0.15) is 18.1 Å². The molecule has 0 bridgehead atoms. The van der Waals surface area contributed by atoms with Gasteiger partial charge in [0.05, 0.1) is 6.61 Å². The first-order valence-corrected chi connectivity index (χ1v) is 5.17. The summed E-state index contributed by atoms with van der Waals surface area (Å²) in [6.07, 6.45) is 0. The van der Waals surface area contributed by atoms with Crippen LogP contribution in [0.15, 0.2) is 29.8 Å². The molecule has 1 aromatic carbocycles. The highest BCUT2D eigenvalue weighted by molar-refractivity contribution is 5.99. The predicted molar refractivity (Wildman–Crippen MR) is 63.0 cm³/mol. The number of benzene rings is 1. The minimum atomic E-state index is -0.812. The Labute approximate surface area is 99.8 Å². The number of carbonyl (C=O) groups excluding carboxylic acids is 1. The third-order valence-corrected chi connectivity index (χ3v) is 2.15. The summed E-state index contributed by atoms with van der Waals surface area (Å²) in [5, 5.41) is 18.7. The van der Waals surface area contributed by atoms with Gasteiger partial charge in [-0.3, -0.25) is 0 Å². The van der Waals surface area contributed by atoms with Crippen molar-refractivity contribution in [3.05, 3.63) is 41.0 Å². The van der Waals surface area contributed by atoms with Gasteiger partial charge in [0.1, 0.15) is 11.8 Å². The van der Waals surface area contributed by atoms with Crippen LogP contribution in [0.4, 0.5) is 0 Å². The molecule has 17 heavy (non-hydrogen) atoms. The molecular weight excluding hydrogens is 218 g/mol. The van der Waals surface area contributed by atoms with E-state index in [1.54, 1.807) is 37.3 Å². The molecule has 0 radical (unpaired) electrons. The van der Waals surface area contributed by atoms with Gasteiger partial charge in [0.25, 0.3) is 0 Å². The van der Waals surface area contributed by atoms with Crippen molar-refractivity contribution >= 4 is 11.7 Å². The number of esters is 1. The molecule has 4 nitrogen and oxygen atoms in total. The largest absolute Gasteiger partial charge is 0.506 e. The first-order valence-electron chi connectivity index (χ1n) is 5.17. The molecule has 0 aliphatic heterocycles. The van der Waals surface area contributed by atoms with Gasteiger partial charge in [-0.2, -0.15) is 5.26 Å². The van der Waals surface area contributed by atoms with E-state index in [0.717, 1.165) is 5.56 Å². The van der Waals surface area contributed by atoms with Crippen molar-refractivity contribution in [2.45, 2.75) is 13.8 Å². The third kappa shape index (κ3) is 3.08. The highest BCUT2D eigenvalue weighted by atomic mass is 16.5. The Hall–Kier alpha value is -2.28. The Morgan fingerprint density at radius 3 is 2.47 bits per heavy atom. The van der Waals surface area contributed by atoms with Gasteiger partial charge in [0, 0.05) is 5.56 Å². The van der Waals surface area contributed by atoms with Gasteiger partial charge in [0.15, 0.2) is 5.57 Å². The summed E-state index contributed by atoms with van der Waals surface area (Å²) in [6, 6.07) is 8.50. The Morgan fingerprint density at radius 2 is 2.00 bits per heavy atom. The lowest BCUT2D eigenvalue weighted by atomic mass is 10.1. The summed E-state index contributed by atoms with van der Waals surface area (Å²) in [5.74, 6) is -1.17.